The van der Waals surface area contributed by atoms with E-state index in [2.05, 4.69) is 38.1 Å². The quantitative estimate of drug-likeness (QED) is 0.198. The second-order valence-corrected chi connectivity index (χ2v) is 11.0. The fraction of sp³-hybridized carbons (Fsp3) is 0.273. The predicted octanol–water partition coefficient (Wildman–Crippen LogP) is 5.89. The lowest BCUT2D eigenvalue weighted by Gasteiger charge is -2.28. The molecule has 3 heterocycles. The van der Waals surface area contributed by atoms with E-state index in [1.807, 2.05) is 75.4 Å². The maximum atomic E-state index is 13.1. The number of benzene rings is 2. The molecule has 8 nitrogen and oxygen atoms in total. The third kappa shape index (κ3) is 5.78. The minimum atomic E-state index is -0.384. The zero-order chi connectivity index (χ0) is 30.0. The Morgan fingerprint density at radius 1 is 1.02 bits per heavy atom. The number of hydrogen-bond acceptors (Lipinski definition) is 5. The second kappa shape index (κ2) is 12.2. The predicted molar refractivity (Wildman–Crippen MR) is 168 cm³/mol. The van der Waals surface area contributed by atoms with Crippen molar-refractivity contribution in [1.29, 1.82) is 0 Å². The SMILES string of the molecule is COC(=O)c1cccc(-n2c(C)cc(C3C(c4ccccn4)NC(=S)N3CCC(=O)Nc3cc(C)ccc3C)c2C)c1. The first-order chi connectivity index (χ1) is 20.2. The normalized spacial score (nSPS) is 16.3. The Morgan fingerprint density at radius 2 is 1.83 bits per heavy atom. The number of rotatable bonds is 8. The number of hydrogen-bond donors (Lipinski definition) is 2. The highest BCUT2D eigenvalue weighted by molar-refractivity contribution is 7.80. The van der Waals surface area contributed by atoms with E-state index in [4.69, 9.17) is 17.0 Å². The van der Waals surface area contributed by atoms with Crippen molar-refractivity contribution in [2.24, 2.45) is 0 Å². The first-order valence-corrected chi connectivity index (χ1v) is 14.3. The molecule has 1 saturated heterocycles. The summed E-state index contributed by atoms with van der Waals surface area (Å²) in [6.07, 6.45) is 2.04. The van der Waals surface area contributed by atoms with Crippen LogP contribution in [0.15, 0.2) is 72.9 Å². The monoisotopic (exact) mass is 581 g/mol. The summed E-state index contributed by atoms with van der Waals surface area (Å²) in [6.45, 7) is 8.53. The number of pyridine rings is 1. The Balaban J connectivity index is 1.48. The van der Waals surface area contributed by atoms with Gasteiger partial charge >= 0.3 is 5.97 Å². The van der Waals surface area contributed by atoms with E-state index in [0.29, 0.717) is 17.2 Å². The van der Waals surface area contributed by atoms with E-state index < -0.39 is 0 Å². The lowest BCUT2D eigenvalue weighted by molar-refractivity contribution is -0.116. The second-order valence-electron chi connectivity index (χ2n) is 10.6. The molecule has 2 atom stereocenters. The van der Waals surface area contributed by atoms with Crippen LogP contribution in [-0.4, -0.2) is 45.1 Å². The molecule has 0 spiro atoms. The average molecular weight is 582 g/mol. The number of nitrogens with zero attached hydrogens (tertiary/aromatic N) is 3. The lowest BCUT2D eigenvalue weighted by atomic mass is 9.96. The van der Waals surface area contributed by atoms with Crippen molar-refractivity contribution in [3.05, 3.63) is 112 Å². The molecule has 9 heteroatoms. The van der Waals surface area contributed by atoms with Gasteiger partial charge in [-0.05, 0) is 99.1 Å². The number of aromatic nitrogens is 2. The molecule has 2 aromatic heterocycles. The molecule has 0 saturated carbocycles. The number of nitrogens with one attached hydrogen (secondary N) is 2. The zero-order valence-electron chi connectivity index (χ0n) is 24.5. The largest absolute Gasteiger partial charge is 0.465 e. The van der Waals surface area contributed by atoms with E-state index in [0.717, 1.165) is 45.1 Å². The molecule has 1 fully saturated rings. The highest BCUT2D eigenvalue weighted by Crippen LogP contribution is 2.41. The Kier molecular flexibility index (Phi) is 8.40. The van der Waals surface area contributed by atoms with Crippen molar-refractivity contribution in [3.63, 3.8) is 0 Å². The first kappa shape index (κ1) is 29.0. The summed E-state index contributed by atoms with van der Waals surface area (Å²) in [5.74, 6) is -0.456. The number of esters is 1. The van der Waals surface area contributed by atoms with Crippen molar-refractivity contribution in [2.45, 2.75) is 46.2 Å². The molecule has 5 rings (SSSR count). The topological polar surface area (TPSA) is 88.5 Å². The van der Waals surface area contributed by atoms with Crippen LogP contribution < -0.4 is 10.6 Å². The summed E-state index contributed by atoms with van der Waals surface area (Å²) in [6, 6.07) is 21.0. The fourth-order valence-corrected chi connectivity index (χ4v) is 6.00. The number of carbonyl (C=O) groups is 2. The molecule has 4 aromatic rings. The number of methoxy groups -OCH3 is 1. The van der Waals surface area contributed by atoms with E-state index in [1.54, 1.807) is 12.3 Å². The molecule has 1 amide bonds. The molecule has 0 aliphatic carbocycles. The van der Waals surface area contributed by atoms with E-state index >= 15 is 0 Å². The van der Waals surface area contributed by atoms with Gasteiger partial charge in [-0.1, -0.05) is 24.3 Å². The minimum absolute atomic E-state index is 0.0726. The summed E-state index contributed by atoms with van der Waals surface area (Å²) in [5, 5.41) is 7.12. The highest BCUT2D eigenvalue weighted by Gasteiger charge is 2.41. The summed E-state index contributed by atoms with van der Waals surface area (Å²) < 4.78 is 7.07. The fourth-order valence-electron chi connectivity index (χ4n) is 5.66. The third-order valence-corrected chi connectivity index (χ3v) is 8.11. The molecule has 2 aromatic carbocycles. The molecule has 2 unspecified atom stereocenters. The first-order valence-electron chi connectivity index (χ1n) is 13.9. The number of amides is 1. The van der Waals surface area contributed by atoms with Gasteiger partial charge in [0.2, 0.25) is 5.91 Å². The molecule has 1 aliphatic rings. The van der Waals surface area contributed by atoms with Gasteiger partial charge in [-0.15, -0.1) is 0 Å². The molecule has 0 radical (unpaired) electrons. The number of ether oxygens (including phenoxy) is 1. The van der Waals surface area contributed by atoms with Crippen LogP contribution in [0, 0.1) is 27.7 Å². The van der Waals surface area contributed by atoms with E-state index in [1.165, 1.54) is 7.11 Å². The summed E-state index contributed by atoms with van der Waals surface area (Å²) in [5.41, 5.74) is 8.22. The van der Waals surface area contributed by atoms with Gasteiger partial charge in [0, 0.05) is 41.9 Å². The van der Waals surface area contributed by atoms with Gasteiger partial charge in [-0.2, -0.15) is 0 Å². The Morgan fingerprint density at radius 3 is 2.57 bits per heavy atom. The van der Waals surface area contributed by atoms with Gasteiger partial charge in [0.15, 0.2) is 5.11 Å². The van der Waals surface area contributed by atoms with Crippen molar-refractivity contribution < 1.29 is 14.3 Å². The molecular weight excluding hydrogens is 546 g/mol. The van der Waals surface area contributed by atoms with Crippen LogP contribution in [0.4, 0.5) is 5.69 Å². The van der Waals surface area contributed by atoms with Crippen molar-refractivity contribution in [2.75, 3.05) is 19.0 Å². The minimum Gasteiger partial charge on any atom is -0.465 e. The van der Waals surface area contributed by atoms with Crippen molar-refractivity contribution in [3.8, 4) is 5.69 Å². The Labute approximate surface area is 251 Å². The van der Waals surface area contributed by atoms with Crippen LogP contribution in [-0.2, 0) is 9.53 Å². The van der Waals surface area contributed by atoms with Crippen LogP contribution in [0.2, 0.25) is 0 Å². The van der Waals surface area contributed by atoms with Gasteiger partial charge in [0.25, 0.3) is 0 Å². The lowest BCUT2D eigenvalue weighted by Crippen LogP contribution is -2.33. The molecular formula is C33H35N5O3S. The zero-order valence-corrected chi connectivity index (χ0v) is 25.3. The Hall–Kier alpha value is -4.50. The van der Waals surface area contributed by atoms with Crippen LogP contribution in [0.5, 0.6) is 0 Å². The van der Waals surface area contributed by atoms with Crippen LogP contribution in [0.3, 0.4) is 0 Å². The van der Waals surface area contributed by atoms with Gasteiger partial charge < -0.3 is 24.8 Å². The van der Waals surface area contributed by atoms with Crippen molar-refractivity contribution in [1.82, 2.24) is 19.8 Å². The summed E-state index contributed by atoms with van der Waals surface area (Å²) in [7, 11) is 1.38. The number of thiocarbonyl (C=S) groups is 1. The smallest absolute Gasteiger partial charge is 0.337 e. The average Bonchev–Trinajstić information content (AvgIpc) is 3.47. The molecule has 0 bridgehead atoms. The molecule has 216 valence electrons. The molecule has 42 heavy (non-hydrogen) atoms. The van der Waals surface area contributed by atoms with Crippen LogP contribution in [0.1, 0.15) is 62.6 Å². The molecule has 1 aliphatic heterocycles. The van der Waals surface area contributed by atoms with Gasteiger partial charge in [0.05, 0.1) is 30.5 Å². The highest BCUT2D eigenvalue weighted by atomic mass is 32.1. The van der Waals surface area contributed by atoms with Gasteiger partial charge in [-0.25, -0.2) is 4.79 Å². The maximum Gasteiger partial charge on any atom is 0.337 e. The number of aryl methyl sites for hydroxylation is 3. The number of anilines is 1. The summed E-state index contributed by atoms with van der Waals surface area (Å²) >= 11 is 5.85. The van der Waals surface area contributed by atoms with E-state index in [-0.39, 0.29) is 30.4 Å². The molecule has 2 N–H and O–H groups in total. The van der Waals surface area contributed by atoms with Crippen molar-refractivity contribution >= 4 is 34.9 Å². The van der Waals surface area contributed by atoms with Gasteiger partial charge in [0.1, 0.15) is 0 Å². The Bertz CT molecular complexity index is 1650. The van der Waals surface area contributed by atoms with Crippen LogP contribution in [0.25, 0.3) is 5.69 Å². The van der Waals surface area contributed by atoms with Crippen LogP contribution >= 0.6 is 12.2 Å². The standard InChI is InChI=1S/C33H35N5O3S/c1-20-12-13-21(2)28(17-20)35-29(39)14-16-37-31(30(36-33(37)42)27-11-6-7-15-34-27)26-18-22(3)38(23(26)4)25-10-8-9-24(19-25)32(40)41-5/h6-13,15,17-19,30-31H,14,16H2,1-5H3,(H,35,39)(H,36,42). The maximum absolute atomic E-state index is 13.1. The summed E-state index contributed by atoms with van der Waals surface area (Å²) in [4.78, 5) is 32.1. The third-order valence-electron chi connectivity index (χ3n) is 7.76. The van der Waals surface area contributed by atoms with E-state index in [9.17, 15) is 9.59 Å². The number of carbonyl (C=O) groups excluding carboxylic acids is 2. The van der Waals surface area contributed by atoms with Gasteiger partial charge in [-0.3, -0.25) is 9.78 Å².